The smallest absolute Gasteiger partial charge is 0.324 e. The summed E-state index contributed by atoms with van der Waals surface area (Å²) in [6, 6.07) is 15.5. The second-order valence-electron chi connectivity index (χ2n) is 6.95. The number of carbonyl (C=O) groups excluding carboxylic acids is 1. The Balaban J connectivity index is 2.07. The Hall–Kier alpha value is -2.71. The zero-order valence-electron chi connectivity index (χ0n) is 17.4. The second-order valence-corrected chi connectivity index (χ2v) is 8.03. The van der Waals surface area contributed by atoms with Gasteiger partial charge in [-0.25, -0.2) is 4.39 Å². The van der Waals surface area contributed by atoms with Gasteiger partial charge in [0, 0.05) is 5.69 Å². The molecular weight excluding hydrogens is 403 g/mol. The number of carbonyl (C=O) groups is 1. The summed E-state index contributed by atoms with van der Waals surface area (Å²) in [5.41, 5.74) is 1.54. The summed E-state index contributed by atoms with van der Waals surface area (Å²) in [4.78, 5) is 14.7. The lowest BCUT2D eigenvalue weighted by Crippen LogP contribution is -2.21. The molecule has 6 nitrogen and oxygen atoms in total. The SMILES string of the molecule is CCOC(=O)[C@@H](Sc1nnc([C@@H](C)N(C)C)n1-c1ccc(F)cc1)c1ccccc1. The quantitative estimate of drug-likeness (QED) is 0.391. The molecule has 0 aliphatic rings. The molecule has 0 spiro atoms. The van der Waals surface area contributed by atoms with Crippen LogP contribution in [0.3, 0.4) is 0 Å². The highest BCUT2D eigenvalue weighted by atomic mass is 32.2. The van der Waals surface area contributed by atoms with E-state index in [1.54, 1.807) is 19.1 Å². The fraction of sp³-hybridized carbons (Fsp3) is 0.318. The third kappa shape index (κ3) is 4.88. The maximum Gasteiger partial charge on any atom is 0.324 e. The number of aromatic nitrogens is 3. The fourth-order valence-electron chi connectivity index (χ4n) is 2.90. The number of halogens is 1. The standard InChI is InChI=1S/C22H25FN4O2S/c1-5-29-21(28)19(16-9-7-6-8-10-16)30-22-25-24-20(15(2)26(3)4)27(22)18-13-11-17(23)12-14-18/h6-15,19H,5H2,1-4H3/t15-,19+/m1/s1. The molecule has 3 aromatic rings. The van der Waals surface area contributed by atoms with Crippen molar-refractivity contribution in [2.24, 2.45) is 0 Å². The van der Waals surface area contributed by atoms with Crippen LogP contribution in [0.25, 0.3) is 5.69 Å². The van der Waals surface area contributed by atoms with Crippen LogP contribution in [0.4, 0.5) is 4.39 Å². The Labute approximate surface area is 180 Å². The molecule has 30 heavy (non-hydrogen) atoms. The Bertz CT molecular complexity index is 977. The molecule has 3 rings (SSSR count). The predicted molar refractivity (Wildman–Crippen MR) is 115 cm³/mol. The molecule has 0 saturated heterocycles. The van der Waals surface area contributed by atoms with Gasteiger partial charge in [0.2, 0.25) is 0 Å². The molecule has 0 N–H and O–H groups in total. The van der Waals surface area contributed by atoms with Gasteiger partial charge in [-0.15, -0.1) is 10.2 Å². The van der Waals surface area contributed by atoms with Crippen molar-refractivity contribution in [3.05, 3.63) is 71.8 Å². The number of hydrogen-bond donors (Lipinski definition) is 0. The monoisotopic (exact) mass is 428 g/mol. The van der Waals surface area contributed by atoms with Crippen LogP contribution in [0.5, 0.6) is 0 Å². The number of esters is 1. The molecule has 0 radical (unpaired) electrons. The van der Waals surface area contributed by atoms with Crippen molar-refractivity contribution in [3.8, 4) is 5.69 Å². The first-order chi connectivity index (χ1) is 14.4. The molecule has 8 heteroatoms. The average molecular weight is 429 g/mol. The van der Waals surface area contributed by atoms with E-state index in [9.17, 15) is 9.18 Å². The first kappa shape index (κ1) is 22.0. The summed E-state index contributed by atoms with van der Waals surface area (Å²) < 4.78 is 20.7. The summed E-state index contributed by atoms with van der Waals surface area (Å²) in [6.07, 6.45) is 0. The molecule has 0 bridgehead atoms. The van der Waals surface area contributed by atoms with Crippen LogP contribution >= 0.6 is 11.8 Å². The van der Waals surface area contributed by atoms with Gasteiger partial charge in [-0.1, -0.05) is 42.1 Å². The molecule has 0 amide bonds. The van der Waals surface area contributed by atoms with Crippen molar-refractivity contribution in [2.45, 2.75) is 30.3 Å². The molecule has 1 heterocycles. The summed E-state index contributed by atoms with van der Waals surface area (Å²) in [5, 5.41) is 8.70. The van der Waals surface area contributed by atoms with Crippen LogP contribution in [0.2, 0.25) is 0 Å². The molecular formula is C22H25FN4O2S. The Morgan fingerprint density at radius 2 is 1.80 bits per heavy atom. The van der Waals surface area contributed by atoms with Gasteiger partial charge in [-0.05, 0) is 57.8 Å². The number of rotatable bonds is 8. The van der Waals surface area contributed by atoms with E-state index in [2.05, 4.69) is 10.2 Å². The molecule has 2 atom stereocenters. The lowest BCUT2D eigenvalue weighted by atomic mass is 10.1. The molecule has 0 aliphatic carbocycles. The van der Waals surface area contributed by atoms with E-state index >= 15 is 0 Å². The number of thioether (sulfide) groups is 1. The molecule has 158 valence electrons. The molecule has 0 unspecified atom stereocenters. The normalized spacial score (nSPS) is 13.3. The zero-order chi connectivity index (χ0) is 21.7. The van der Waals surface area contributed by atoms with Crippen LogP contribution < -0.4 is 0 Å². The van der Waals surface area contributed by atoms with Crippen LogP contribution in [0, 0.1) is 5.82 Å². The van der Waals surface area contributed by atoms with Crippen molar-refractivity contribution in [1.82, 2.24) is 19.7 Å². The minimum absolute atomic E-state index is 0.0466. The molecule has 2 aromatic carbocycles. The minimum atomic E-state index is -0.600. The third-order valence-electron chi connectivity index (χ3n) is 4.72. The highest BCUT2D eigenvalue weighted by molar-refractivity contribution is 8.00. The Morgan fingerprint density at radius 3 is 2.40 bits per heavy atom. The minimum Gasteiger partial charge on any atom is -0.465 e. The van der Waals surface area contributed by atoms with Crippen molar-refractivity contribution in [2.75, 3.05) is 20.7 Å². The van der Waals surface area contributed by atoms with Crippen molar-refractivity contribution >= 4 is 17.7 Å². The summed E-state index contributed by atoms with van der Waals surface area (Å²) in [5.74, 6) is 0.0336. The predicted octanol–water partition coefficient (Wildman–Crippen LogP) is 4.43. The van der Waals surface area contributed by atoms with Gasteiger partial charge in [-0.2, -0.15) is 0 Å². The summed E-state index contributed by atoms with van der Waals surface area (Å²) in [7, 11) is 3.90. The van der Waals surface area contributed by atoms with Crippen molar-refractivity contribution in [1.29, 1.82) is 0 Å². The summed E-state index contributed by atoms with van der Waals surface area (Å²) in [6.45, 7) is 4.08. The number of nitrogens with zero attached hydrogens (tertiary/aromatic N) is 4. The summed E-state index contributed by atoms with van der Waals surface area (Å²) >= 11 is 1.27. The largest absolute Gasteiger partial charge is 0.465 e. The fourth-order valence-corrected chi connectivity index (χ4v) is 3.96. The highest BCUT2D eigenvalue weighted by Gasteiger charge is 2.28. The lowest BCUT2D eigenvalue weighted by Gasteiger charge is -2.21. The van der Waals surface area contributed by atoms with Crippen LogP contribution in [-0.2, 0) is 9.53 Å². The van der Waals surface area contributed by atoms with E-state index in [-0.39, 0.29) is 24.4 Å². The van der Waals surface area contributed by atoms with E-state index in [0.717, 1.165) is 11.3 Å². The van der Waals surface area contributed by atoms with Crippen LogP contribution in [-0.4, -0.2) is 46.3 Å². The van der Waals surface area contributed by atoms with Gasteiger partial charge in [0.1, 0.15) is 11.1 Å². The van der Waals surface area contributed by atoms with E-state index < -0.39 is 5.25 Å². The van der Waals surface area contributed by atoms with Gasteiger partial charge in [-0.3, -0.25) is 14.3 Å². The van der Waals surface area contributed by atoms with Gasteiger partial charge in [0.25, 0.3) is 0 Å². The zero-order valence-corrected chi connectivity index (χ0v) is 18.3. The molecule has 1 aromatic heterocycles. The maximum atomic E-state index is 13.5. The molecule has 0 saturated carbocycles. The van der Waals surface area contributed by atoms with E-state index in [1.807, 2.05) is 60.8 Å². The highest BCUT2D eigenvalue weighted by Crippen LogP contribution is 2.37. The van der Waals surface area contributed by atoms with E-state index in [0.29, 0.717) is 11.0 Å². The maximum absolute atomic E-state index is 13.5. The molecule has 0 fully saturated rings. The Kier molecular flexibility index (Phi) is 7.23. The molecule has 0 aliphatic heterocycles. The number of benzene rings is 2. The van der Waals surface area contributed by atoms with Crippen molar-refractivity contribution < 1.29 is 13.9 Å². The number of ether oxygens (including phenoxy) is 1. The van der Waals surface area contributed by atoms with E-state index in [4.69, 9.17) is 4.74 Å². The first-order valence-electron chi connectivity index (χ1n) is 9.68. The Morgan fingerprint density at radius 1 is 1.13 bits per heavy atom. The average Bonchev–Trinajstić information content (AvgIpc) is 3.16. The van der Waals surface area contributed by atoms with Crippen molar-refractivity contribution in [3.63, 3.8) is 0 Å². The van der Waals surface area contributed by atoms with Gasteiger partial charge < -0.3 is 4.74 Å². The first-order valence-corrected chi connectivity index (χ1v) is 10.6. The number of hydrogen-bond acceptors (Lipinski definition) is 6. The topological polar surface area (TPSA) is 60.2 Å². The van der Waals surface area contributed by atoms with Gasteiger partial charge in [0.15, 0.2) is 11.0 Å². The second kappa shape index (κ2) is 9.86. The third-order valence-corrected chi connectivity index (χ3v) is 5.89. The van der Waals surface area contributed by atoms with E-state index in [1.165, 1.54) is 23.9 Å². The lowest BCUT2D eigenvalue weighted by molar-refractivity contribution is -0.142. The van der Waals surface area contributed by atoms with Gasteiger partial charge >= 0.3 is 5.97 Å². The van der Waals surface area contributed by atoms with Crippen LogP contribution in [0.15, 0.2) is 59.8 Å². The van der Waals surface area contributed by atoms with Gasteiger partial charge in [0.05, 0.1) is 12.6 Å². The van der Waals surface area contributed by atoms with Crippen LogP contribution in [0.1, 0.15) is 36.5 Å².